The molecule has 35 heavy (non-hydrogen) atoms. The van der Waals surface area contributed by atoms with Gasteiger partial charge >= 0.3 is 0 Å². The molecule has 6 nitrogen and oxygen atoms in total. The lowest BCUT2D eigenvalue weighted by Crippen LogP contribution is -2.48. The number of carbonyl (C=O) groups is 1. The maximum absolute atomic E-state index is 13.3. The number of nitrogens with zero attached hydrogens (tertiary/aromatic N) is 2. The Morgan fingerprint density at radius 1 is 0.886 bits per heavy atom. The van der Waals surface area contributed by atoms with Crippen molar-refractivity contribution in [2.24, 2.45) is 0 Å². The quantitative estimate of drug-likeness (QED) is 0.528. The van der Waals surface area contributed by atoms with E-state index in [4.69, 9.17) is 0 Å². The largest absolute Gasteiger partial charge is 0.336 e. The summed E-state index contributed by atoms with van der Waals surface area (Å²) in [6.45, 7) is 7.39. The summed E-state index contributed by atoms with van der Waals surface area (Å²) >= 11 is 0. The fourth-order valence-electron chi connectivity index (χ4n) is 4.10. The lowest BCUT2D eigenvalue weighted by atomic mass is 10.1. The molecule has 0 atom stereocenters. The third-order valence-corrected chi connectivity index (χ3v) is 7.65. The molecule has 1 fully saturated rings. The first-order chi connectivity index (χ1) is 16.8. The molecule has 4 rings (SSSR count). The third-order valence-electron chi connectivity index (χ3n) is 6.27. The SMILES string of the molecule is Cc1ccc(S(=O)(=O)Nc2cccc(C(=O)N3CCN(C/C=C/c4ccccc4)CC3)c2C)cc1. The van der Waals surface area contributed by atoms with Crippen LogP contribution in [0, 0.1) is 13.8 Å². The monoisotopic (exact) mass is 489 g/mol. The van der Waals surface area contributed by atoms with E-state index in [0.29, 0.717) is 29.9 Å². The van der Waals surface area contributed by atoms with Crippen LogP contribution in [0.25, 0.3) is 6.08 Å². The molecular formula is C28H31N3O3S. The fourth-order valence-corrected chi connectivity index (χ4v) is 5.23. The number of hydrogen-bond acceptors (Lipinski definition) is 4. The Balaban J connectivity index is 1.38. The first-order valence-electron chi connectivity index (χ1n) is 11.8. The van der Waals surface area contributed by atoms with E-state index in [9.17, 15) is 13.2 Å². The lowest BCUT2D eigenvalue weighted by molar-refractivity contribution is 0.0649. The number of aryl methyl sites for hydroxylation is 1. The number of amides is 1. The van der Waals surface area contributed by atoms with E-state index >= 15 is 0 Å². The first-order valence-corrected chi connectivity index (χ1v) is 13.2. The van der Waals surface area contributed by atoms with Gasteiger partial charge in [0.2, 0.25) is 0 Å². The van der Waals surface area contributed by atoms with Crippen molar-refractivity contribution in [3.05, 3.63) is 101 Å². The van der Waals surface area contributed by atoms with Crippen LogP contribution in [0.3, 0.4) is 0 Å². The Labute approximate surface area is 207 Å². The Kier molecular flexibility index (Phi) is 7.68. The number of nitrogens with one attached hydrogen (secondary N) is 1. The van der Waals surface area contributed by atoms with E-state index < -0.39 is 10.0 Å². The van der Waals surface area contributed by atoms with Crippen LogP contribution in [0.5, 0.6) is 0 Å². The molecule has 1 N–H and O–H groups in total. The van der Waals surface area contributed by atoms with Crippen molar-refractivity contribution in [2.75, 3.05) is 37.4 Å². The van der Waals surface area contributed by atoms with Crippen LogP contribution < -0.4 is 4.72 Å². The maximum Gasteiger partial charge on any atom is 0.261 e. The molecule has 0 spiro atoms. The minimum atomic E-state index is -3.74. The fraction of sp³-hybridized carbons (Fsp3) is 0.250. The number of hydrogen-bond donors (Lipinski definition) is 1. The maximum atomic E-state index is 13.3. The predicted octanol–water partition coefficient (Wildman–Crippen LogP) is 4.58. The minimum absolute atomic E-state index is 0.0710. The van der Waals surface area contributed by atoms with E-state index in [1.165, 1.54) is 5.56 Å². The van der Waals surface area contributed by atoms with E-state index in [0.717, 1.165) is 25.2 Å². The second-order valence-corrected chi connectivity index (χ2v) is 10.5. The lowest BCUT2D eigenvalue weighted by Gasteiger charge is -2.34. The number of anilines is 1. The van der Waals surface area contributed by atoms with Crippen molar-refractivity contribution in [1.29, 1.82) is 0 Å². The Morgan fingerprint density at radius 2 is 1.57 bits per heavy atom. The van der Waals surface area contributed by atoms with Gasteiger partial charge in [-0.25, -0.2) is 8.42 Å². The van der Waals surface area contributed by atoms with E-state index in [1.54, 1.807) is 49.4 Å². The van der Waals surface area contributed by atoms with E-state index in [2.05, 4.69) is 33.9 Å². The van der Waals surface area contributed by atoms with E-state index in [-0.39, 0.29) is 10.8 Å². The topological polar surface area (TPSA) is 69.7 Å². The summed E-state index contributed by atoms with van der Waals surface area (Å²) in [6, 6.07) is 22.1. The molecular weight excluding hydrogens is 458 g/mol. The summed E-state index contributed by atoms with van der Waals surface area (Å²) in [5.74, 6) is -0.0710. The molecule has 3 aromatic carbocycles. The van der Waals surface area contributed by atoms with Crippen molar-refractivity contribution >= 4 is 27.7 Å². The first kappa shape index (κ1) is 24.7. The summed E-state index contributed by atoms with van der Waals surface area (Å²) in [5, 5.41) is 0. The van der Waals surface area contributed by atoms with Gasteiger partial charge in [-0.3, -0.25) is 14.4 Å². The standard InChI is InChI=1S/C28H31N3O3S/c1-22-13-15-25(16-14-22)35(33,34)29-27-12-6-11-26(23(27)2)28(32)31-20-18-30(19-21-31)17-7-10-24-8-4-3-5-9-24/h3-16,29H,17-21H2,1-2H3/b10-7+. The highest BCUT2D eigenvalue weighted by atomic mass is 32.2. The van der Waals surface area contributed by atoms with Crippen molar-refractivity contribution in [1.82, 2.24) is 9.80 Å². The van der Waals surface area contributed by atoms with Crippen molar-refractivity contribution in [2.45, 2.75) is 18.7 Å². The Morgan fingerprint density at radius 3 is 2.26 bits per heavy atom. The van der Waals surface area contributed by atoms with Crippen LogP contribution in [0.15, 0.2) is 83.8 Å². The molecule has 1 aliphatic rings. The van der Waals surface area contributed by atoms with Gasteiger partial charge < -0.3 is 4.90 Å². The van der Waals surface area contributed by atoms with Crippen LogP contribution in [-0.4, -0.2) is 56.8 Å². The summed E-state index contributed by atoms with van der Waals surface area (Å²) < 4.78 is 28.3. The van der Waals surface area contributed by atoms with Gasteiger partial charge in [0.1, 0.15) is 0 Å². The predicted molar refractivity (Wildman–Crippen MR) is 141 cm³/mol. The van der Waals surface area contributed by atoms with Gasteiger partial charge in [-0.2, -0.15) is 0 Å². The van der Waals surface area contributed by atoms with Gasteiger partial charge in [-0.15, -0.1) is 0 Å². The van der Waals surface area contributed by atoms with Crippen molar-refractivity contribution in [3.63, 3.8) is 0 Å². The zero-order valence-electron chi connectivity index (χ0n) is 20.1. The molecule has 0 unspecified atom stereocenters. The molecule has 0 aliphatic carbocycles. The van der Waals surface area contributed by atoms with E-state index in [1.807, 2.05) is 30.0 Å². The van der Waals surface area contributed by atoms with Crippen molar-refractivity contribution < 1.29 is 13.2 Å². The highest BCUT2D eigenvalue weighted by molar-refractivity contribution is 7.92. The van der Waals surface area contributed by atoms with Crippen molar-refractivity contribution in [3.8, 4) is 0 Å². The summed E-state index contributed by atoms with van der Waals surface area (Å²) in [7, 11) is -3.74. The molecule has 1 heterocycles. The molecule has 0 aromatic heterocycles. The van der Waals surface area contributed by atoms with Crippen LogP contribution in [0.4, 0.5) is 5.69 Å². The third kappa shape index (κ3) is 6.18. The highest BCUT2D eigenvalue weighted by Crippen LogP contribution is 2.24. The van der Waals surface area contributed by atoms with Crippen LogP contribution in [0.1, 0.15) is 27.0 Å². The van der Waals surface area contributed by atoms with Gasteiger partial charge in [0, 0.05) is 38.3 Å². The second-order valence-electron chi connectivity index (χ2n) is 8.80. The van der Waals surface area contributed by atoms with Gasteiger partial charge in [0.25, 0.3) is 15.9 Å². The molecule has 0 radical (unpaired) electrons. The van der Waals surface area contributed by atoms with Crippen LogP contribution >= 0.6 is 0 Å². The molecule has 1 aliphatic heterocycles. The Hall–Kier alpha value is -3.42. The second kappa shape index (κ2) is 10.9. The number of carbonyl (C=O) groups excluding carboxylic acids is 1. The molecule has 0 saturated carbocycles. The zero-order chi connectivity index (χ0) is 24.8. The smallest absolute Gasteiger partial charge is 0.261 e. The van der Waals surface area contributed by atoms with Gasteiger partial charge in [-0.1, -0.05) is 66.2 Å². The normalized spacial score (nSPS) is 14.9. The van der Waals surface area contributed by atoms with Crippen LogP contribution in [-0.2, 0) is 10.0 Å². The molecule has 7 heteroatoms. The Bertz CT molecular complexity index is 1300. The van der Waals surface area contributed by atoms with Gasteiger partial charge in [-0.05, 0) is 49.2 Å². The molecule has 0 bridgehead atoms. The number of rotatable bonds is 7. The molecule has 3 aromatic rings. The number of sulfonamides is 1. The van der Waals surface area contributed by atoms with Crippen LogP contribution in [0.2, 0.25) is 0 Å². The molecule has 182 valence electrons. The summed E-state index contributed by atoms with van der Waals surface area (Å²) in [5.41, 5.74) is 3.73. The summed E-state index contributed by atoms with van der Waals surface area (Å²) in [4.78, 5) is 17.6. The molecule has 1 saturated heterocycles. The minimum Gasteiger partial charge on any atom is -0.336 e. The average Bonchev–Trinajstić information content (AvgIpc) is 2.86. The number of piperazine rings is 1. The summed E-state index contributed by atoms with van der Waals surface area (Å²) in [6.07, 6.45) is 4.27. The van der Waals surface area contributed by atoms with Gasteiger partial charge in [0.15, 0.2) is 0 Å². The van der Waals surface area contributed by atoms with Gasteiger partial charge in [0.05, 0.1) is 10.6 Å². The average molecular weight is 490 g/mol. The highest BCUT2D eigenvalue weighted by Gasteiger charge is 2.24. The molecule has 1 amide bonds. The zero-order valence-corrected chi connectivity index (χ0v) is 21.0. The number of benzene rings is 3.